The van der Waals surface area contributed by atoms with Crippen molar-refractivity contribution in [3.63, 3.8) is 0 Å². The molecule has 1 aliphatic heterocycles. The Bertz CT molecular complexity index is 938. The number of hydrogen-bond acceptors (Lipinski definition) is 5. The summed E-state index contributed by atoms with van der Waals surface area (Å²) in [5.41, 5.74) is 1.23. The lowest BCUT2D eigenvalue weighted by molar-refractivity contribution is 0.0819. The van der Waals surface area contributed by atoms with Crippen LogP contribution in [-0.2, 0) is 14.8 Å². The topological polar surface area (TPSA) is 84.9 Å². The second kappa shape index (κ2) is 9.39. The van der Waals surface area contributed by atoms with E-state index in [9.17, 15) is 13.2 Å². The molecule has 1 heterocycles. The predicted molar refractivity (Wildman–Crippen MR) is 110 cm³/mol. The summed E-state index contributed by atoms with van der Waals surface area (Å²) in [4.78, 5) is 12.7. The Morgan fingerprint density at radius 1 is 1.07 bits per heavy atom. The molecule has 1 saturated heterocycles. The third kappa shape index (κ3) is 4.77. The highest BCUT2D eigenvalue weighted by atomic mass is 32.2. The van der Waals surface area contributed by atoms with Crippen molar-refractivity contribution in [3.05, 3.63) is 59.7 Å². The number of carbonyl (C=O) groups is 1. The lowest BCUT2D eigenvalue weighted by Gasteiger charge is -2.19. The van der Waals surface area contributed by atoms with Crippen molar-refractivity contribution in [2.45, 2.75) is 23.8 Å². The van der Waals surface area contributed by atoms with Crippen LogP contribution in [0.25, 0.3) is 0 Å². The summed E-state index contributed by atoms with van der Waals surface area (Å²) in [6.07, 6.45) is 1.39. The minimum absolute atomic E-state index is 0.208. The van der Waals surface area contributed by atoms with Crippen LogP contribution in [0.3, 0.4) is 0 Å². The molecular formula is C21H26N2O5S. The van der Waals surface area contributed by atoms with E-state index in [1.807, 2.05) is 24.3 Å². The molecule has 0 aromatic heterocycles. The van der Waals surface area contributed by atoms with Crippen molar-refractivity contribution in [2.24, 2.45) is 0 Å². The summed E-state index contributed by atoms with van der Waals surface area (Å²) in [5, 5.41) is 2.83. The quantitative estimate of drug-likeness (QED) is 0.712. The maximum atomic E-state index is 12.6. The highest BCUT2D eigenvalue weighted by Crippen LogP contribution is 2.26. The van der Waals surface area contributed by atoms with Crippen LogP contribution in [0.2, 0.25) is 0 Å². The van der Waals surface area contributed by atoms with E-state index in [0.717, 1.165) is 18.4 Å². The monoisotopic (exact) mass is 418 g/mol. The van der Waals surface area contributed by atoms with Crippen molar-refractivity contribution in [1.82, 2.24) is 9.62 Å². The van der Waals surface area contributed by atoms with Gasteiger partial charge in [0.2, 0.25) is 10.0 Å². The molecule has 1 atom stereocenters. The zero-order valence-corrected chi connectivity index (χ0v) is 17.4. The predicted octanol–water partition coefficient (Wildman–Crippen LogP) is 2.60. The van der Waals surface area contributed by atoms with Crippen LogP contribution < -0.4 is 10.1 Å². The average Bonchev–Trinajstić information content (AvgIpc) is 3.30. The first kappa shape index (κ1) is 21.3. The second-order valence-corrected chi connectivity index (χ2v) is 8.75. The van der Waals surface area contributed by atoms with Crippen molar-refractivity contribution >= 4 is 15.9 Å². The molecule has 29 heavy (non-hydrogen) atoms. The molecule has 0 radical (unpaired) electrons. The van der Waals surface area contributed by atoms with Gasteiger partial charge in [-0.25, -0.2) is 8.42 Å². The molecule has 8 heteroatoms. The first-order valence-electron chi connectivity index (χ1n) is 9.51. The van der Waals surface area contributed by atoms with Crippen molar-refractivity contribution < 1.29 is 22.7 Å². The van der Waals surface area contributed by atoms with Gasteiger partial charge in [0, 0.05) is 37.9 Å². The van der Waals surface area contributed by atoms with E-state index < -0.39 is 10.0 Å². The van der Waals surface area contributed by atoms with Crippen LogP contribution >= 0.6 is 0 Å². The molecule has 1 amide bonds. The number of rotatable bonds is 8. The number of ether oxygens (including phenoxy) is 2. The van der Waals surface area contributed by atoms with Gasteiger partial charge >= 0.3 is 0 Å². The average molecular weight is 419 g/mol. The number of sulfonamides is 1. The number of para-hydroxylation sites is 1. The fourth-order valence-corrected chi connectivity index (χ4v) is 4.91. The number of benzene rings is 2. The molecule has 2 aromatic carbocycles. The Labute approximate surface area is 171 Å². The van der Waals surface area contributed by atoms with E-state index in [-0.39, 0.29) is 23.5 Å². The Balaban J connectivity index is 1.66. The molecule has 0 saturated carbocycles. The van der Waals surface area contributed by atoms with Gasteiger partial charge in [-0.1, -0.05) is 18.2 Å². The number of amides is 1. The summed E-state index contributed by atoms with van der Waals surface area (Å²) >= 11 is 0. The normalized spacial score (nSPS) is 15.8. The molecule has 0 bridgehead atoms. The largest absolute Gasteiger partial charge is 0.496 e. The van der Waals surface area contributed by atoms with Gasteiger partial charge in [0.25, 0.3) is 5.91 Å². The zero-order valence-electron chi connectivity index (χ0n) is 16.6. The van der Waals surface area contributed by atoms with Crippen LogP contribution in [0.5, 0.6) is 5.75 Å². The van der Waals surface area contributed by atoms with Crippen LogP contribution in [0, 0.1) is 0 Å². The number of methoxy groups -OCH3 is 2. The number of carbonyl (C=O) groups excluding carboxylic acids is 1. The molecule has 3 rings (SSSR count). The highest BCUT2D eigenvalue weighted by Gasteiger charge is 2.27. The van der Waals surface area contributed by atoms with Crippen molar-refractivity contribution in [3.8, 4) is 5.75 Å². The Hall–Kier alpha value is -2.42. The van der Waals surface area contributed by atoms with Gasteiger partial charge in [-0.05, 0) is 43.2 Å². The number of nitrogens with zero attached hydrogens (tertiary/aromatic N) is 1. The van der Waals surface area contributed by atoms with Gasteiger partial charge in [-0.2, -0.15) is 4.31 Å². The summed E-state index contributed by atoms with van der Waals surface area (Å²) in [6, 6.07) is 13.5. The lowest BCUT2D eigenvalue weighted by atomic mass is 10.1. The molecule has 7 nitrogen and oxygen atoms in total. The fraction of sp³-hybridized carbons (Fsp3) is 0.381. The van der Waals surface area contributed by atoms with Crippen LogP contribution in [0.1, 0.15) is 34.9 Å². The first-order valence-corrected chi connectivity index (χ1v) is 11.0. The third-order valence-corrected chi connectivity index (χ3v) is 6.95. The zero-order chi connectivity index (χ0) is 20.9. The van der Waals surface area contributed by atoms with E-state index >= 15 is 0 Å². The van der Waals surface area contributed by atoms with Gasteiger partial charge in [-0.15, -0.1) is 0 Å². The first-order chi connectivity index (χ1) is 14.0. The van der Waals surface area contributed by atoms with Crippen molar-refractivity contribution in [1.29, 1.82) is 0 Å². The van der Waals surface area contributed by atoms with E-state index in [1.165, 1.54) is 28.6 Å². The molecule has 0 aliphatic carbocycles. The number of nitrogens with one attached hydrogen (secondary N) is 1. The van der Waals surface area contributed by atoms with Crippen LogP contribution in [0.4, 0.5) is 0 Å². The summed E-state index contributed by atoms with van der Waals surface area (Å²) in [5.74, 6) is 0.386. The molecule has 0 spiro atoms. The maximum absolute atomic E-state index is 12.6. The second-order valence-electron chi connectivity index (χ2n) is 6.81. The summed E-state index contributed by atoms with van der Waals surface area (Å²) < 4.78 is 37.5. The molecule has 156 valence electrons. The van der Waals surface area contributed by atoms with E-state index in [4.69, 9.17) is 9.47 Å². The van der Waals surface area contributed by atoms with Crippen molar-refractivity contribution in [2.75, 3.05) is 33.9 Å². The molecule has 1 fully saturated rings. The van der Waals surface area contributed by atoms with Gasteiger partial charge in [-0.3, -0.25) is 4.79 Å². The van der Waals surface area contributed by atoms with Gasteiger partial charge in [0.05, 0.1) is 12.0 Å². The minimum Gasteiger partial charge on any atom is -0.496 e. The van der Waals surface area contributed by atoms with Crippen LogP contribution in [-0.4, -0.2) is 52.5 Å². The lowest BCUT2D eigenvalue weighted by Crippen LogP contribution is -2.30. The molecule has 2 aromatic rings. The third-order valence-electron chi connectivity index (χ3n) is 5.04. The molecule has 1 unspecified atom stereocenters. The highest BCUT2D eigenvalue weighted by molar-refractivity contribution is 7.89. The van der Waals surface area contributed by atoms with E-state index in [2.05, 4.69) is 5.32 Å². The van der Waals surface area contributed by atoms with E-state index in [1.54, 1.807) is 14.2 Å². The number of hydrogen-bond donors (Lipinski definition) is 1. The Kier molecular flexibility index (Phi) is 6.89. The Morgan fingerprint density at radius 3 is 2.34 bits per heavy atom. The minimum atomic E-state index is -3.49. The smallest absolute Gasteiger partial charge is 0.251 e. The van der Waals surface area contributed by atoms with Gasteiger partial charge < -0.3 is 14.8 Å². The maximum Gasteiger partial charge on any atom is 0.251 e. The standard InChI is InChI=1S/C21H26N2O5S/c1-27-19-8-4-3-7-18(19)20(28-2)15-22-21(24)16-9-11-17(12-10-16)29(25,26)23-13-5-6-14-23/h3-4,7-12,20H,5-6,13-15H2,1-2H3,(H,22,24). The van der Waals surface area contributed by atoms with Gasteiger partial charge in [0.15, 0.2) is 0 Å². The van der Waals surface area contributed by atoms with Gasteiger partial charge in [0.1, 0.15) is 11.9 Å². The summed E-state index contributed by atoms with van der Waals surface area (Å²) in [7, 11) is -0.331. The molecule has 1 aliphatic rings. The molecular weight excluding hydrogens is 392 g/mol. The summed E-state index contributed by atoms with van der Waals surface area (Å²) in [6.45, 7) is 1.35. The fourth-order valence-electron chi connectivity index (χ4n) is 3.40. The Morgan fingerprint density at radius 2 is 1.72 bits per heavy atom. The van der Waals surface area contributed by atoms with E-state index in [0.29, 0.717) is 24.4 Å². The molecule has 1 N–H and O–H groups in total. The SMILES string of the molecule is COc1ccccc1C(CNC(=O)c1ccc(S(=O)(=O)N2CCCC2)cc1)OC. The van der Waals surface area contributed by atoms with Crippen LogP contribution in [0.15, 0.2) is 53.4 Å².